The maximum absolute atomic E-state index is 12.0. The van der Waals surface area contributed by atoms with Crippen molar-refractivity contribution in [3.63, 3.8) is 0 Å². The van der Waals surface area contributed by atoms with E-state index in [1.807, 2.05) is 0 Å². The van der Waals surface area contributed by atoms with E-state index in [0.717, 1.165) is 0 Å². The molecule has 0 radical (unpaired) electrons. The number of carbonyl (C=O) groups excluding carboxylic acids is 1. The van der Waals surface area contributed by atoms with Crippen molar-refractivity contribution in [2.75, 3.05) is 6.61 Å². The van der Waals surface area contributed by atoms with E-state index in [-0.39, 0.29) is 0 Å². The summed E-state index contributed by atoms with van der Waals surface area (Å²) in [6, 6.07) is 16.9. The zero-order valence-electron chi connectivity index (χ0n) is 11.4. The SMILES string of the molecule is CCOC(=O)Cl.O=S(=O)(c1ccccc1)c1ccccc1. The van der Waals surface area contributed by atoms with E-state index >= 15 is 0 Å². The van der Waals surface area contributed by atoms with Crippen LogP contribution >= 0.6 is 11.6 Å². The lowest BCUT2D eigenvalue weighted by Crippen LogP contribution is -2.00. The highest BCUT2D eigenvalue weighted by atomic mass is 35.5. The fourth-order valence-electron chi connectivity index (χ4n) is 1.45. The van der Waals surface area contributed by atoms with Crippen LogP contribution in [0.5, 0.6) is 0 Å². The quantitative estimate of drug-likeness (QED) is 0.802. The van der Waals surface area contributed by atoms with Gasteiger partial charge in [-0.1, -0.05) is 36.4 Å². The summed E-state index contributed by atoms with van der Waals surface area (Å²) in [5.41, 5.74) is -0.738. The van der Waals surface area contributed by atoms with Crippen LogP contribution in [0.4, 0.5) is 4.79 Å². The lowest BCUT2D eigenvalue weighted by atomic mass is 10.4. The minimum atomic E-state index is -3.34. The van der Waals surface area contributed by atoms with Crippen molar-refractivity contribution in [2.24, 2.45) is 0 Å². The Morgan fingerprint density at radius 3 is 1.57 bits per heavy atom. The van der Waals surface area contributed by atoms with E-state index < -0.39 is 15.3 Å². The summed E-state index contributed by atoms with van der Waals surface area (Å²) in [4.78, 5) is 10.2. The Bertz CT molecular complexity index is 609. The molecule has 0 unspecified atom stereocenters. The van der Waals surface area contributed by atoms with Gasteiger partial charge in [-0.15, -0.1) is 0 Å². The normalized spacial score (nSPS) is 10.2. The third kappa shape index (κ3) is 5.57. The van der Waals surface area contributed by atoms with Crippen molar-refractivity contribution < 1.29 is 17.9 Å². The average Bonchev–Trinajstić information content (AvgIpc) is 2.49. The molecular weight excluding hydrogens is 312 g/mol. The lowest BCUT2D eigenvalue weighted by molar-refractivity contribution is 0.180. The maximum atomic E-state index is 12.0. The summed E-state index contributed by atoms with van der Waals surface area (Å²) in [7, 11) is -3.34. The topological polar surface area (TPSA) is 60.4 Å². The molecule has 2 rings (SSSR count). The number of halogens is 1. The molecule has 0 amide bonds. The number of carbonyl (C=O) groups is 1. The molecule has 0 N–H and O–H groups in total. The van der Waals surface area contributed by atoms with Crippen LogP contribution in [-0.2, 0) is 14.6 Å². The zero-order chi connectivity index (χ0) is 15.7. The predicted octanol–water partition coefficient (Wildman–Crippen LogP) is 3.90. The molecule has 0 aliphatic heterocycles. The molecule has 0 bridgehead atoms. The molecule has 2 aromatic carbocycles. The van der Waals surface area contributed by atoms with E-state index in [1.54, 1.807) is 67.6 Å². The van der Waals surface area contributed by atoms with Crippen molar-refractivity contribution in [3.05, 3.63) is 60.7 Å². The Labute approximate surface area is 129 Å². The number of benzene rings is 2. The van der Waals surface area contributed by atoms with E-state index in [9.17, 15) is 13.2 Å². The Kier molecular flexibility index (Phi) is 6.91. The first-order chi connectivity index (χ1) is 9.98. The molecule has 0 fully saturated rings. The molecule has 0 aliphatic carbocycles. The Morgan fingerprint density at radius 2 is 1.33 bits per heavy atom. The minimum absolute atomic E-state index is 0.330. The second-order valence-corrected chi connectivity index (χ2v) is 6.06. The smallest absolute Gasteiger partial charge is 0.403 e. The summed E-state index contributed by atoms with van der Waals surface area (Å²) >= 11 is 4.72. The summed E-state index contributed by atoms with van der Waals surface area (Å²) in [5.74, 6) is 0. The number of ether oxygens (including phenoxy) is 1. The molecule has 0 aliphatic rings. The average molecular weight is 327 g/mol. The fourth-order valence-corrected chi connectivity index (χ4v) is 2.86. The second-order valence-electron chi connectivity index (χ2n) is 3.80. The van der Waals surface area contributed by atoms with Gasteiger partial charge in [0, 0.05) is 11.6 Å². The summed E-state index contributed by atoms with van der Waals surface area (Å²) < 4.78 is 28.2. The summed E-state index contributed by atoms with van der Waals surface area (Å²) in [6.07, 6.45) is 0. The Hall–Kier alpha value is -1.85. The van der Waals surface area contributed by atoms with Gasteiger partial charge < -0.3 is 4.74 Å². The van der Waals surface area contributed by atoms with Crippen LogP contribution in [-0.4, -0.2) is 20.5 Å². The van der Waals surface area contributed by atoms with Crippen LogP contribution in [0.25, 0.3) is 0 Å². The molecule has 6 heteroatoms. The van der Waals surface area contributed by atoms with Gasteiger partial charge >= 0.3 is 5.43 Å². The van der Waals surface area contributed by atoms with Gasteiger partial charge in [0.1, 0.15) is 0 Å². The van der Waals surface area contributed by atoms with E-state index in [2.05, 4.69) is 4.74 Å². The van der Waals surface area contributed by atoms with Crippen molar-refractivity contribution in [3.8, 4) is 0 Å². The molecule has 0 spiro atoms. The van der Waals surface area contributed by atoms with E-state index in [1.165, 1.54) is 0 Å². The van der Waals surface area contributed by atoms with Crippen LogP contribution in [0.15, 0.2) is 70.5 Å². The number of hydrogen-bond acceptors (Lipinski definition) is 4. The van der Waals surface area contributed by atoms with Crippen LogP contribution < -0.4 is 0 Å². The highest BCUT2D eigenvalue weighted by Gasteiger charge is 2.15. The van der Waals surface area contributed by atoms with Crippen LogP contribution in [0.3, 0.4) is 0 Å². The Morgan fingerprint density at radius 1 is 0.952 bits per heavy atom. The van der Waals surface area contributed by atoms with Gasteiger partial charge in [0.2, 0.25) is 9.84 Å². The first-order valence-electron chi connectivity index (χ1n) is 6.16. The number of sulfone groups is 1. The molecule has 0 atom stereocenters. The molecular formula is C15H15ClO4S. The van der Waals surface area contributed by atoms with E-state index in [4.69, 9.17) is 11.6 Å². The molecule has 0 aromatic heterocycles. The minimum Gasteiger partial charge on any atom is -0.454 e. The van der Waals surface area contributed by atoms with Gasteiger partial charge in [-0.05, 0) is 31.2 Å². The molecule has 21 heavy (non-hydrogen) atoms. The molecule has 0 saturated heterocycles. The zero-order valence-corrected chi connectivity index (χ0v) is 13.0. The number of hydrogen-bond donors (Lipinski definition) is 0. The van der Waals surface area contributed by atoms with Gasteiger partial charge in [0.15, 0.2) is 0 Å². The van der Waals surface area contributed by atoms with Gasteiger partial charge in [0.25, 0.3) is 0 Å². The monoisotopic (exact) mass is 326 g/mol. The third-order valence-electron chi connectivity index (χ3n) is 2.36. The van der Waals surface area contributed by atoms with Crippen LogP contribution in [0, 0.1) is 0 Å². The van der Waals surface area contributed by atoms with Crippen molar-refractivity contribution in [2.45, 2.75) is 16.7 Å². The van der Waals surface area contributed by atoms with Gasteiger partial charge in [-0.2, -0.15) is 0 Å². The van der Waals surface area contributed by atoms with Crippen LogP contribution in [0.1, 0.15) is 6.92 Å². The molecule has 2 aromatic rings. The lowest BCUT2D eigenvalue weighted by Gasteiger charge is -2.03. The molecule has 0 heterocycles. The Balaban J connectivity index is 0.000000315. The summed E-state index contributed by atoms with van der Waals surface area (Å²) in [6.45, 7) is 2.04. The van der Waals surface area contributed by atoms with Crippen molar-refractivity contribution in [1.82, 2.24) is 0 Å². The third-order valence-corrected chi connectivity index (χ3v) is 4.26. The highest BCUT2D eigenvalue weighted by Crippen LogP contribution is 2.19. The highest BCUT2D eigenvalue weighted by molar-refractivity contribution is 7.91. The second kappa shape index (κ2) is 8.44. The number of rotatable bonds is 3. The van der Waals surface area contributed by atoms with Crippen molar-refractivity contribution in [1.29, 1.82) is 0 Å². The predicted molar refractivity (Wildman–Crippen MR) is 81.2 cm³/mol. The van der Waals surface area contributed by atoms with Crippen molar-refractivity contribution >= 4 is 26.9 Å². The molecule has 4 nitrogen and oxygen atoms in total. The van der Waals surface area contributed by atoms with Gasteiger partial charge in [-0.3, -0.25) is 0 Å². The maximum Gasteiger partial charge on any atom is 0.403 e. The first-order valence-corrected chi connectivity index (χ1v) is 8.02. The fraction of sp³-hybridized carbons (Fsp3) is 0.133. The first kappa shape index (κ1) is 17.2. The summed E-state index contributed by atoms with van der Waals surface area (Å²) in [5, 5.41) is 0. The standard InChI is InChI=1S/C12H10O2S.C3H5ClO2/c13-15(14,11-7-3-1-4-8-11)12-9-5-2-6-10-12;1-2-6-3(4)5/h1-10H;2H2,1H3. The largest absolute Gasteiger partial charge is 0.454 e. The van der Waals surface area contributed by atoms with Gasteiger partial charge in [0.05, 0.1) is 16.4 Å². The van der Waals surface area contributed by atoms with Crippen LogP contribution in [0.2, 0.25) is 0 Å². The molecule has 112 valence electrons. The molecule has 0 saturated carbocycles. The van der Waals surface area contributed by atoms with Gasteiger partial charge in [-0.25, -0.2) is 13.2 Å². The van der Waals surface area contributed by atoms with E-state index in [0.29, 0.717) is 16.4 Å².